The Morgan fingerprint density at radius 2 is 2.09 bits per heavy atom. The lowest BCUT2D eigenvalue weighted by atomic mass is 9.89. The minimum Gasteiger partial charge on any atom is -0.497 e. The van der Waals surface area contributed by atoms with Crippen molar-refractivity contribution in [1.82, 2.24) is 14.7 Å². The molecule has 1 fully saturated rings. The van der Waals surface area contributed by atoms with Gasteiger partial charge in [0.05, 0.1) is 35.6 Å². The first kappa shape index (κ1) is 22.0. The zero-order valence-electron chi connectivity index (χ0n) is 18.2. The highest BCUT2D eigenvalue weighted by Crippen LogP contribution is 2.45. The van der Waals surface area contributed by atoms with E-state index in [9.17, 15) is 14.0 Å². The van der Waals surface area contributed by atoms with Crippen molar-refractivity contribution in [2.24, 2.45) is 0 Å². The molecule has 2 aliphatic rings. The molecule has 0 bridgehead atoms. The number of anilines is 2. The molecule has 3 N–H and O–H groups in total. The van der Waals surface area contributed by atoms with Gasteiger partial charge in [0.25, 0.3) is 0 Å². The minimum absolute atomic E-state index is 0.00394. The number of nitrogens with one attached hydrogen (secondary N) is 1. The van der Waals surface area contributed by atoms with Gasteiger partial charge in [-0.15, -0.1) is 0 Å². The van der Waals surface area contributed by atoms with Crippen LogP contribution in [0.1, 0.15) is 12.0 Å². The van der Waals surface area contributed by atoms with Gasteiger partial charge in [-0.1, -0.05) is 11.6 Å². The fourth-order valence-corrected chi connectivity index (χ4v) is 4.59. The second-order valence-corrected chi connectivity index (χ2v) is 8.61. The molecule has 2 aliphatic heterocycles. The van der Waals surface area contributed by atoms with Crippen LogP contribution in [0.3, 0.4) is 0 Å². The maximum atomic E-state index is 14.9. The molecule has 9 nitrogen and oxygen atoms in total. The molecular weight excluding hydrogens is 465 g/mol. The van der Waals surface area contributed by atoms with E-state index in [1.54, 1.807) is 13.2 Å². The van der Waals surface area contributed by atoms with E-state index in [1.165, 1.54) is 21.7 Å². The van der Waals surface area contributed by atoms with Crippen LogP contribution in [-0.2, 0) is 21.7 Å². The standard InChI is InChI=1S/C23H21ClFN5O4/c1-33-14-4-2-13(3-5-14)17-10-18(26)30(28-17)11-19(31)29-9-8-23(12-29)20-16(27-22(32)34-23)7-6-15(24)21(20)25/h2-7,10H,8-9,11-12,26H2,1H3,(H,27,32)/t23-/m0/s1. The number of rotatable bonds is 4. The van der Waals surface area contributed by atoms with Gasteiger partial charge in [-0.25, -0.2) is 13.9 Å². The molecule has 5 rings (SSSR count). The van der Waals surface area contributed by atoms with Crippen molar-refractivity contribution in [3.05, 3.63) is 58.9 Å². The predicted molar refractivity (Wildman–Crippen MR) is 123 cm³/mol. The Morgan fingerprint density at radius 1 is 1.32 bits per heavy atom. The molecular formula is C23H21ClFN5O4. The van der Waals surface area contributed by atoms with Gasteiger partial charge in [-0.05, 0) is 36.4 Å². The number of nitrogen functional groups attached to an aromatic ring is 1. The average Bonchev–Trinajstić information content (AvgIpc) is 3.40. The summed E-state index contributed by atoms with van der Waals surface area (Å²) in [7, 11) is 1.59. The number of ether oxygens (including phenoxy) is 2. The van der Waals surface area contributed by atoms with E-state index in [0.717, 1.165) is 5.56 Å². The van der Waals surface area contributed by atoms with Gasteiger partial charge in [0.1, 0.15) is 18.1 Å². The number of hydrogen-bond acceptors (Lipinski definition) is 6. The third-order valence-corrected chi connectivity index (χ3v) is 6.43. The van der Waals surface area contributed by atoms with E-state index in [-0.39, 0.29) is 48.2 Å². The van der Waals surface area contributed by atoms with Gasteiger partial charge >= 0.3 is 6.09 Å². The van der Waals surface area contributed by atoms with Gasteiger partial charge < -0.3 is 20.1 Å². The fraction of sp³-hybridized carbons (Fsp3) is 0.261. The van der Waals surface area contributed by atoms with E-state index in [1.807, 2.05) is 24.3 Å². The van der Waals surface area contributed by atoms with E-state index >= 15 is 0 Å². The summed E-state index contributed by atoms with van der Waals surface area (Å²) in [6, 6.07) is 11.9. The van der Waals surface area contributed by atoms with Crippen molar-refractivity contribution >= 4 is 35.1 Å². The van der Waals surface area contributed by atoms with Gasteiger partial charge in [-0.3, -0.25) is 10.1 Å². The Balaban J connectivity index is 1.36. The smallest absolute Gasteiger partial charge is 0.412 e. The van der Waals surface area contributed by atoms with E-state index < -0.39 is 17.5 Å². The van der Waals surface area contributed by atoms with Crippen LogP contribution in [0.4, 0.5) is 20.7 Å². The topological polar surface area (TPSA) is 112 Å². The molecule has 0 aliphatic carbocycles. The van der Waals surface area contributed by atoms with Crippen LogP contribution in [0.15, 0.2) is 42.5 Å². The number of likely N-dealkylation sites (tertiary alicyclic amines) is 1. The Labute approximate surface area is 199 Å². The summed E-state index contributed by atoms with van der Waals surface area (Å²) in [5, 5.41) is 6.86. The summed E-state index contributed by atoms with van der Waals surface area (Å²) in [6.45, 7) is 0.148. The first-order valence-electron chi connectivity index (χ1n) is 10.5. The Hall–Kier alpha value is -3.79. The molecule has 2 amide bonds. The SMILES string of the molecule is COc1ccc(-c2cc(N)n(CC(=O)N3CC[C@@]4(C3)OC(=O)Nc3ccc(Cl)c(F)c34)n2)cc1. The Morgan fingerprint density at radius 3 is 2.82 bits per heavy atom. The van der Waals surface area contributed by atoms with Crippen molar-refractivity contribution in [2.45, 2.75) is 18.6 Å². The molecule has 34 heavy (non-hydrogen) atoms. The highest BCUT2D eigenvalue weighted by atomic mass is 35.5. The molecule has 1 spiro atoms. The van der Waals surface area contributed by atoms with Crippen molar-refractivity contribution in [2.75, 3.05) is 31.2 Å². The lowest BCUT2D eigenvalue weighted by Gasteiger charge is -2.35. The third-order valence-electron chi connectivity index (χ3n) is 6.14. The van der Waals surface area contributed by atoms with Crippen LogP contribution in [0.5, 0.6) is 5.75 Å². The molecule has 176 valence electrons. The summed E-state index contributed by atoms with van der Waals surface area (Å²) in [5.74, 6) is 0.0807. The van der Waals surface area contributed by atoms with E-state index in [4.69, 9.17) is 26.8 Å². The maximum absolute atomic E-state index is 14.9. The Kier molecular flexibility index (Phi) is 5.32. The summed E-state index contributed by atoms with van der Waals surface area (Å²) in [5.41, 5.74) is 6.66. The predicted octanol–water partition coefficient (Wildman–Crippen LogP) is 3.62. The molecule has 0 saturated carbocycles. The largest absolute Gasteiger partial charge is 0.497 e. The number of aromatic nitrogens is 2. The monoisotopic (exact) mass is 485 g/mol. The molecule has 11 heteroatoms. The summed E-state index contributed by atoms with van der Waals surface area (Å²) >= 11 is 5.98. The zero-order valence-corrected chi connectivity index (χ0v) is 18.9. The maximum Gasteiger partial charge on any atom is 0.412 e. The number of methoxy groups -OCH3 is 1. The molecule has 1 aromatic heterocycles. The number of nitrogens with two attached hydrogens (primary N) is 1. The van der Waals surface area contributed by atoms with Crippen LogP contribution < -0.4 is 15.8 Å². The molecule has 3 aromatic rings. The summed E-state index contributed by atoms with van der Waals surface area (Å²) in [6.07, 6.45) is -0.466. The van der Waals surface area contributed by atoms with Gasteiger partial charge in [-0.2, -0.15) is 5.10 Å². The highest BCUT2D eigenvalue weighted by Gasteiger charge is 2.50. The molecule has 3 heterocycles. The lowest BCUT2D eigenvalue weighted by molar-refractivity contribution is -0.132. The average molecular weight is 486 g/mol. The summed E-state index contributed by atoms with van der Waals surface area (Å²) < 4.78 is 27.1. The number of halogens is 2. The molecule has 0 unspecified atom stereocenters. The summed E-state index contributed by atoms with van der Waals surface area (Å²) in [4.78, 5) is 26.7. The van der Waals surface area contributed by atoms with Crippen molar-refractivity contribution < 1.29 is 23.5 Å². The van der Waals surface area contributed by atoms with Gasteiger partial charge in [0, 0.05) is 24.6 Å². The van der Waals surface area contributed by atoms with Crippen LogP contribution in [0.25, 0.3) is 11.3 Å². The number of nitrogens with zero attached hydrogens (tertiary/aromatic N) is 3. The van der Waals surface area contributed by atoms with Crippen LogP contribution in [0.2, 0.25) is 5.02 Å². The number of carbonyl (C=O) groups excluding carboxylic acids is 2. The first-order chi connectivity index (χ1) is 16.3. The number of carbonyl (C=O) groups is 2. The van der Waals surface area contributed by atoms with Crippen molar-refractivity contribution in [3.8, 4) is 17.0 Å². The van der Waals surface area contributed by atoms with Crippen molar-refractivity contribution in [1.29, 1.82) is 0 Å². The molecule has 0 radical (unpaired) electrons. The van der Waals surface area contributed by atoms with E-state index in [2.05, 4.69) is 10.4 Å². The second kappa shape index (κ2) is 8.21. The number of amides is 2. The Bertz CT molecular complexity index is 1300. The highest BCUT2D eigenvalue weighted by molar-refractivity contribution is 6.31. The van der Waals surface area contributed by atoms with Crippen LogP contribution in [-0.4, -0.2) is 46.9 Å². The number of fused-ring (bicyclic) bond motifs is 2. The second-order valence-electron chi connectivity index (χ2n) is 8.20. The normalized spacial score (nSPS) is 19.0. The zero-order chi connectivity index (χ0) is 24.0. The number of hydrogen-bond donors (Lipinski definition) is 2. The fourth-order valence-electron chi connectivity index (χ4n) is 4.44. The van der Waals surface area contributed by atoms with Crippen LogP contribution in [0, 0.1) is 5.82 Å². The number of benzene rings is 2. The van der Waals surface area contributed by atoms with Gasteiger partial charge in [0.2, 0.25) is 5.91 Å². The van der Waals surface area contributed by atoms with Gasteiger partial charge in [0.15, 0.2) is 11.4 Å². The minimum atomic E-state index is -1.31. The quantitative estimate of drug-likeness (QED) is 0.583. The van der Waals surface area contributed by atoms with Crippen molar-refractivity contribution in [3.63, 3.8) is 0 Å². The molecule has 1 saturated heterocycles. The molecule has 1 atom stereocenters. The van der Waals surface area contributed by atoms with Crippen LogP contribution >= 0.6 is 11.6 Å². The molecule has 2 aromatic carbocycles. The van der Waals surface area contributed by atoms with E-state index in [0.29, 0.717) is 17.3 Å². The lowest BCUT2D eigenvalue weighted by Crippen LogP contribution is -2.44. The third kappa shape index (κ3) is 3.69. The first-order valence-corrected chi connectivity index (χ1v) is 10.9.